The molecule has 0 fully saturated rings. The van der Waals surface area contributed by atoms with Crippen LogP contribution >= 0.6 is 0 Å². The molecule has 0 saturated carbocycles. The molecule has 0 atom stereocenters. The molecule has 0 aliphatic carbocycles. The normalized spacial score (nSPS) is 11.4. The maximum atomic E-state index is 9.53. The Labute approximate surface area is 116 Å². The van der Waals surface area contributed by atoms with Crippen molar-refractivity contribution in [2.24, 2.45) is 5.41 Å². The highest BCUT2D eigenvalue weighted by molar-refractivity contribution is 5.39. The molecule has 0 spiro atoms. The van der Waals surface area contributed by atoms with E-state index in [0.717, 1.165) is 30.8 Å². The quantitative estimate of drug-likeness (QED) is 0.741. The molecule has 0 bridgehead atoms. The molecule has 3 heteroatoms. The number of benzene rings is 1. The average molecular weight is 266 g/mol. The highest BCUT2D eigenvalue weighted by Crippen LogP contribution is 2.31. The molecule has 1 aromatic carbocycles. The molecule has 0 aliphatic heterocycles. The zero-order valence-corrected chi connectivity index (χ0v) is 12.3. The molecule has 0 aliphatic rings. The van der Waals surface area contributed by atoms with Crippen molar-refractivity contribution in [1.82, 2.24) is 0 Å². The summed E-state index contributed by atoms with van der Waals surface area (Å²) in [7, 11) is 0. The van der Waals surface area contributed by atoms with E-state index in [1.165, 1.54) is 0 Å². The summed E-state index contributed by atoms with van der Waals surface area (Å²) in [5.74, 6) is 1.57. The molecule has 0 unspecified atom stereocenters. The van der Waals surface area contributed by atoms with E-state index >= 15 is 0 Å². The van der Waals surface area contributed by atoms with Gasteiger partial charge in [0.25, 0.3) is 0 Å². The van der Waals surface area contributed by atoms with Crippen molar-refractivity contribution >= 4 is 0 Å². The molecule has 0 saturated heterocycles. The number of ether oxygens (including phenoxy) is 2. The van der Waals surface area contributed by atoms with Crippen LogP contribution in [-0.2, 0) is 0 Å². The fourth-order valence-electron chi connectivity index (χ4n) is 2.13. The zero-order chi connectivity index (χ0) is 14.1. The molecular formula is C16H26O3. The second-order valence-electron chi connectivity index (χ2n) is 4.84. The summed E-state index contributed by atoms with van der Waals surface area (Å²) in [6, 6.07) is 7.71. The van der Waals surface area contributed by atoms with Crippen LogP contribution in [0.25, 0.3) is 0 Å². The first-order valence-corrected chi connectivity index (χ1v) is 7.16. The maximum Gasteiger partial charge on any atom is 0.161 e. The fraction of sp³-hybridized carbons (Fsp3) is 0.625. The van der Waals surface area contributed by atoms with Crippen molar-refractivity contribution in [3.63, 3.8) is 0 Å². The van der Waals surface area contributed by atoms with Crippen LogP contribution in [0.2, 0.25) is 0 Å². The van der Waals surface area contributed by atoms with Gasteiger partial charge in [0, 0.05) is 6.61 Å². The summed E-state index contributed by atoms with van der Waals surface area (Å²) >= 11 is 0. The molecular weight excluding hydrogens is 240 g/mol. The third-order valence-corrected chi connectivity index (χ3v) is 3.87. The van der Waals surface area contributed by atoms with Crippen LogP contribution in [0.15, 0.2) is 24.3 Å². The molecule has 108 valence electrons. The van der Waals surface area contributed by atoms with Gasteiger partial charge in [0.1, 0.15) is 0 Å². The van der Waals surface area contributed by atoms with E-state index in [1.54, 1.807) is 0 Å². The van der Waals surface area contributed by atoms with Gasteiger partial charge in [0.15, 0.2) is 11.5 Å². The summed E-state index contributed by atoms with van der Waals surface area (Å²) in [5.41, 5.74) is -0.0133. The van der Waals surface area contributed by atoms with Crippen molar-refractivity contribution in [1.29, 1.82) is 0 Å². The number of rotatable bonds is 9. The van der Waals surface area contributed by atoms with Crippen molar-refractivity contribution in [3.8, 4) is 11.5 Å². The summed E-state index contributed by atoms with van der Waals surface area (Å²) in [4.78, 5) is 0. The van der Waals surface area contributed by atoms with E-state index in [0.29, 0.717) is 13.2 Å². The van der Waals surface area contributed by atoms with Crippen molar-refractivity contribution in [2.75, 3.05) is 19.8 Å². The minimum absolute atomic E-state index is 0.0133. The number of aliphatic hydroxyl groups is 1. The molecule has 3 nitrogen and oxygen atoms in total. The number of para-hydroxylation sites is 2. The highest BCUT2D eigenvalue weighted by atomic mass is 16.5. The molecule has 0 amide bonds. The molecule has 19 heavy (non-hydrogen) atoms. The lowest BCUT2D eigenvalue weighted by Gasteiger charge is -2.29. The Bertz CT molecular complexity index is 351. The summed E-state index contributed by atoms with van der Waals surface area (Å²) in [6.07, 6.45) is 2.80. The molecule has 1 rings (SSSR count). The van der Waals surface area contributed by atoms with E-state index in [2.05, 4.69) is 13.8 Å². The van der Waals surface area contributed by atoms with Crippen LogP contribution in [0.4, 0.5) is 0 Å². The predicted molar refractivity (Wildman–Crippen MR) is 77.8 cm³/mol. The molecule has 1 N–H and O–H groups in total. The van der Waals surface area contributed by atoms with E-state index in [4.69, 9.17) is 9.47 Å². The topological polar surface area (TPSA) is 38.7 Å². The van der Waals surface area contributed by atoms with Gasteiger partial charge >= 0.3 is 0 Å². The van der Waals surface area contributed by atoms with Crippen LogP contribution in [0.5, 0.6) is 11.5 Å². The van der Waals surface area contributed by atoms with Crippen LogP contribution in [0, 0.1) is 5.41 Å². The van der Waals surface area contributed by atoms with E-state index < -0.39 is 0 Å². The third-order valence-electron chi connectivity index (χ3n) is 3.87. The molecule has 0 radical (unpaired) electrons. The number of hydrogen-bond acceptors (Lipinski definition) is 3. The van der Waals surface area contributed by atoms with Gasteiger partial charge in [-0.25, -0.2) is 0 Å². The Morgan fingerprint density at radius 3 is 2.05 bits per heavy atom. The monoisotopic (exact) mass is 266 g/mol. The van der Waals surface area contributed by atoms with Gasteiger partial charge in [-0.2, -0.15) is 0 Å². The maximum absolute atomic E-state index is 9.53. The van der Waals surface area contributed by atoms with Crippen molar-refractivity contribution < 1.29 is 14.6 Å². The highest BCUT2D eigenvalue weighted by Gasteiger charge is 2.25. The van der Waals surface area contributed by atoms with Crippen molar-refractivity contribution in [2.45, 2.75) is 40.0 Å². The van der Waals surface area contributed by atoms with Crippen LogP contribution in [0.3, 0.4) is 0 Å². The van der Waals surface area contributed by atoms with Crippen LogP contribution < -0.4 is 9.47 Å². The first-order valence-electron chi connectivity index (χ1n) is 7.16. The van der Waals surface area contributed by atoms with Gasteiger partial charge in [-0.05, 0) is 43.7 Å². The lowest BCUT2D eigenvalue weighted by molar-refractivity contribution is 0.0864. The second kappa shape index (κ2) is 8.05. The second-order valence-corrected chi connectivity index (χ2v) is 4.84. The number of aliphatic hydroxyl groups excluding tert-OH is 1. The van der Waals surface area contributed by atoms with Gasteiger partial charge in [-0.1, -0.05) is 26.0 Å². The summed E-state index contributed by atoms with van der Waals surface area (Å²) in [5, 5.41) is 9.53. The Hall–Kier alpha value is -1.22. The van der Waals surface area contributed by atoms with Gasteiger partial charge in [-0.3, -0.25) is 0 Å². The lowest BCUT2D eigenvalue weighted by Crippen LogP contribution is -2.26. The van der Waals surface area contributed by atoms with E-state index in [9.17, 15) is 5.11 Å². The standard InChI is InChI=1S/C16H26O3/c1-4-16(5-2,13-17)11-12-19-15-10-8-7-9-14(15)18-6-3/h7-10,17H,4-6,11-13H2,1-3H3. The number of hydrogen-bond donors (Lipinski definition) is 1. The average Bonchev–Trinajstić information content (AvgIpc) is 2.46. The first kappa shape index (κ1) is 15.8. The predicted octanol–water partition coefficient (Wildman–Crippen LogP) is 3.65. The molecule has 1 aromatic rings. The van der Waals surface area contributed by atoms with Gasteiger partial charge < -0.3 is 14.6 Å². The van der Waals surface area contributed by atoms with Crippen LogP contribution in [-0.4, -0.2) is 24.9 Å². The first-order chi connectivity index (χ1) is 9.21. The fourth-order valence-corrected chi connectivity index (χ4v) is 2.13. The van der Waals surface area contributed by atoms with Crippen LogP contribution in [0.1, 0.15) is 40.0 Å². The minimum Gasteiger partial charge on any atom is -0.490 e. The van der Waals surface area contributed by atoms with Gasteiger partial charge in [-0.15, -0.1) is 0 Å². The van der Waals surface area contributed by atoms with Gasteiger partial charge in [0.2, 0.25) is 0 Å². The Kier molecular flexibility index (Phi) is 6.71. The van der Waals surface area contributed by atoms with Crippen molar-refractivity contribution in [3.05, 3.63) is 24.3 Å². The zero-order valence-electron chi connectivity index (χ0n) is 12.3. The summed E-state index contributed by atoms with van der Waals surface area (Å²) < 4.78 is 11.3. The SMILES string of the molecule is CCOc1ccccc1OCCC(CC)(CC)CO. The van der Waals surface area contributed by atoms with E-state index in [-0.39, 0.29) is 12.0 Å². The Morgan fingerprint density at radius 1 is 1.00 bits per heavy atom. The largest absolute Gasteiger partial charge is 0.490 e. The minimum atomic E-state index is -0.0133. The van der Waals surface area contributed by atoms with Gasteiger partial charge in [0.05, 0.1) is 13.2 Å². The Morgan fingerprint density at radius 2 is 1.58 bits per heavy atom. The Balaban J connectivity index is 2.57. The third kappa shape index (κ3) is 4.43. The smallest absolute Gasteiger partial charge is 0.161 e. The lowest BCUT2D eigenvalue weighted by atomic mass is 9.80. The summed E-state index contributed by atoms with van der Waals surface area (Å²) in [6.45, 7) is 7.65. The van der Waals surface area contributed by atoms with E-state index in [1.807, 2.05) is 31.2 Å². The molecule has 0 aromatic heterocycles. The molecule has 0 heterocycles.